The van der Waals surface area contributed by atoms with Crippen molar-refractivity contribution in [3.63, 3.8) is 0 Å². The lowest BCUT2D eigenvalue weighted by molar-refractivity contribution is -0.154. The minimum absolute atomic E-state index is 0.0801. The molecule has 3 saturated heterocycles. The Hall–Kier alpha value is -6.76. The Morgan fingerprint density at radius 3 is 1.55 bits per heavy atom. The van der Waals surface area contributed by atoms with Crippen LogP contribution in [0.4, 0.5) is 15.4 Å². The van der Waals surface area contributed by atoms with Gasteiger partial charge in [-0.2, -0.15) is 0 Å². The number of carbonyl (C=O) groups is 7. The van der Waals surface area contributed by atoms with Crippen molar-refractivity contribution in [3.8, 4) is 0 Å². The molecule has 4 aliphatic heterocycles. The Morgan fingerprint density at radius 2 is 1.05 bits per heavy atom. The average molecular weight is 1350 g/mol. The van der Waals surface area contributed by atoms with E-state index in [4.69, 9.17) is 15.0 Å². The lowest BCUT2D eigenvalue weighted by Gasteiger charge is -2.45. The number of anilines is 1. The summed E-state index contributed by atoms with van der Waals surface area (Å²) in [7, 11) is -2.57. The largest absolute Gasteiger partial charge is 0.481 e. The second-order valence-electron chi connectivity index (χ2n) is 28.3. The zero-order valence-corrected chi connectivity index (χ0v) is 58.0. The highest BCUT2D eigenvalue weighted by molar-refractivity contribution is 7.99. The first-order valence-corrected chi connectivity index (χ1v) is 37.8. The number of hydrogen-bond donors (Lipinski definition) is 9. The Kier molecular flexibility index (Phi) is 27.5. The monoisotopic (exact) mass is 1350 g/mol. The van der Waals surface area contributed by atoms with Gasteiger partial charge < -0.3 is 61.5 Å². The van der Waals surface area contributed by atoms with Crippen LogP contribution in [-0.2, 0) is 84.9 Å². The van der Waals surface area contributed by atoms with Crippen LogP contribution in [0.3, 0.4) is 0 Å². The Morgan fingerprint density at radius 1 is 0.583 bits per heavy atom. The number of aliphatic hydroxyl groups is 3. The summed E-state index contributed by atoms with van der Waals surface area (Å²) < 4.78 is 12.0. The number of likely N-dealkylation sites (tertiary alicyclic amines) is 3. The maximum atomic E-state index is 12.8. The fraction of sp³-hybridized carbons (Fsp3) is 0.681. The van der Waals surface area contributed by atoms with E-state index in [1.807, 2.05) is 4.90 Å². The van der Waals surface area contributed by atoms with Crippen LogP contribution in [0.1, 0.15) is 194 Å². The minimum atomic E-state index is -2.57. The van der Waals surface area contributed by atoms with E-state index in [9.17, 15) is 63.3 Å². The van der Waals surface area contributed by atoms with E-state index in [1.54, 1.807) is 16.7 Å². The van der Waals surface area contributed by atoms with Gasteiger partial charge in [0.2, 0.25) is 11.8 Å². The fourth-order valence-electron chi connectivity index (χ4n) is 15.3. The van der Waals surface area contributed by atoms with Crippen molar-refractivity contribution in [2.45, 2.75) is 223 Å². The predicted octanol–water partition coefficient (Wildman–Crippen LogP) is 6.79. The van der Waals surface area contributed by atoms with E-state index < -0.39 is 56.1 Å². The molecule has 3 aromatic rings. The van der Waals surface area contributed by atoms with Crippen molar-refractivity contribution in [2.75, 3.05) is 76.2 Å². The Labute approximate surface area is 567 Å². The van der Waals surface area contributed by atoms with Crippen LogP contribution < -0.4 is 21.3 Å². The topological polar surface area (TPSA) is 334 Å². The van der Waals surface area contributed by atoms with E-state index in [1.165, 1.54) is 79.8 Å². The second kappa shape index (κ2) is 35.1. The molecule has 0 bridgehead atoms. The number of fused-ring (bicyclic) bond motifs is 3. The molecule has 0 spiro atoms. The normalized spacial score (nSPS) is 20.3. The maximum Gasteiger partial charge on any atom is 0.329 e. The van der Waals surface area contributed by atoms with Gasteiger partial charge in [-0.3, -0.25) is 33.4 Å². The first-order chi connectivity index (χ1) is 45.8. The summed E-state index contributed by atoms with van der Waals surface area (Å²) in [6, 6.07) is 11.0. The summed E-state index contributed by atoms with van der Waals surface area (Å²) in [4.78, 5) is 104. The number of amides is 6. The van der Waals surface area contributed by atoms with E-state index in [0.29, 0.717) is 51.4 Å². The highest BCUT2D eigenvalue weighted by Crippen LogP contribution is 2.42. The Balaban J connectivity index is 0.000000184. The molecule has 530 valence electrons. The van der Waals surface area contributed by atoms with Gasteiger partial charge in [-0.15, -0.1) is 0 Å². The number of pyridine rings is 3. The number of carboxylic acids is 2. The fourth-order valence-corrected chi connectivity index (χ4v) is 16.4. The zero-order valence-electron chi connectivity index (χ0n) is 57.2. The van der Waals surface area contributed by atoms with Crippen LogP contribution in [0.15, 0.2) is 36.4 Å². The molecule has 3 unspecified atom stereocenters. The molecule has 0 radical (unpaired) electrons. The summed E-state index contributed by atoms with van der Waals surface area (Å²) in [5, 5.41) is 63.4. The van der Waals surface area contributed by atoms with E-state index in [0.717, 1.165) is 132 Å². The first kappa shape index (κ1) is 75.0. The highest BCUT2D eigenvalue weighted by Gasteiger charge is 2.48. The van der Waals surface area contributed by atoms with E-state index in [2.05, 4.69) is 63.5 Å². The van der Waals surface area contributed by atoms with Gasteiger partial charge in [0.1, 0.15) is 11.6 Å². The molecule has 9 N–H and O–H groups in total. The zero-order chi connectivity index (χ0) is 69.0. The predicted molar refractivity (Wildman–Crippen MR) is 369 cm³/mol. The summed E-state index contributed by atoms with van der Waals surface area (Å²) in [5.41, 5.74) is 5.65. The van der Waals surface area contributed by atoms with Gasteiger partial charge in [0.25, 0.3) is 0 Å². The van der Waals surface area contributed by atoms with Gasteiger partial charge in [0, 0.05) is 119 Å². The first-order valence-electron chi connectivity index (χ1n) is 35.5. The third kappa shape index (κ3) is 21.6. The number of nitrogens with one attached hydrogen (secondary N) is 4. The number of nitrogens with zero attached hydrogens (tertiary/aromatic N) is 6. The maximum absolute atomic E-state index is 12.8. The highest BCUT2D eigenvalue weighted by atomic mass is 32.2. The molecule has 1 saturated carbocycles. The molecule has 3 aliphatic carbocycles. The number of unbranched alkanes of at least 4 members (excludes halogenated alkanes) is 1. The summed E-state index contributed by atoms with van der Waals surface area (Å²) in [5.74, 6) is 0.558. The number of rotatable bonds is 23. The number of carboxylic acid groups (broad SMARTS) is 2. The van der Waals surface area contributed by atoms with E-state index in [-0.39, 0.29) is 87.3 Å². The summed E-state index contributed by atoms with van der Waals surface area (Å²) >= 11 is 0. The quantitative estimate of drug-likeness (QED) is 0.0349. The molecule has 7 aliphatic rings. The molecule has 0 aromatic carbocycles. The molecule has 3 aromatic heterocycles. The molecular weight excluding hydrogens is 1240 g/mol. The smallest absolute Gasteiger partial charge is 0.329 e. The van der Waals surface area contributed by atoms with Crippen molar-refractivity contribution in [1.82, 2.24) is 45.6 Å². The van der Waals surface area contributed by atoms with Crippen LogP contribution in [0.2, 0.25) is 0 Å². The second-order valence-corrected chi connectivity index (χ2v) is 31.0. The van der Waals surface area contributed by atoms with Gasteiger partial charge >= 0.3 is 24.0 Å². The van der Waals surface area contributed by atoms with Crippen LogP contribution >= 0.6 is 0 Å². The lowest BCUT2D eigenvalue weighted by atomic mass is 9.67. The van der Waals surface area contributed by atoms with Gasteiger partial charge in [0.15, 0.2) is 6.04 Å². The number of ketones is 1. The number of aliphatic carboxylic acids is 2. The van der Waals surface area contributed by atoms with Crippen molar-refractivity contribution < 1.29 is 63.3 Å². The number of urea groups is 2. The summed E-state index contributed by atoms with van der Waals surface area (Å²) in [6.45, 7) is 6.95. The van der Waals surface area contributed by atoms with Crippen LogP contribution in [0.5, 0.6) is 0 Å². The number of aromatic nitrogens is 3. The molecule has 6 amide bonds. The van der Waals surface area contributed by atoms with Crippen molar-refractivity contribution >= 4 is 62.8 Å². The minimum Gasteiger partial charge on any atom is -0.481 e. The standard InChI is InChI=1S/C27H41N3O3.C23H35N3O5S.C22H32N4O5/c1-20(31)25(21-8-3-2-4-9-21)27(33)15-18-30(19-16-27)24(32)12-6-5-11-23-14-13-22-10-7-17-28-26(22)29-23;1-32(2,31)16-19(21(27)28)23(30)11-14-26(15-12-23)22(29)24-13-5-7-18-10-9-17-6-3-4-8-20(17)25-18;1-15(27)24-19(20(28)29)22(31)10-13-26(14-11-22)21(30)23-12-4-6-17-9-8-16-5-2-3-7-18(16)25-17/h13-14,21,25,33H,2-12,15-19H2,1H3,(H,28,29);9-10,19,30H,1,3-8,11-16H2,2H3,(H,24,29)(H,27,28);8-9,19,31H,2-7,10-14H2,1H3,(H,23,30)(H,24,27)(H,28,29)/t;;19-/m..0/s1. The third-order valence-corrected chi connectivity index (χ3v) is 21.9. The van der Waals surface area contributed by atoms with Gasteiger partial charge in [0.05, 0.1) is 22.7 Å². The number of piperidine rings is 3. The molecule has 10 rings (SSSR count). The SMILES string of the molecule is C=S(C)(=O)CC(C(=O)O)C1(O)CCN(C(=O)NCCCc2ccc3c(n2)CCCC3)CC1.CC(=O)C(C1CCCCC1)C1(O)CCN(C(=O)CCCCc2ccc3c(n2)NCCC3)CC1.CC(=O)N[C@@H](C(=O)O)C1(O)CCN(C(=O)NCCCc2ccc3c(n2)CCCC3)CC1. The van der Waals surface area contributed by atoms with Gasteiger partial charge in [-0.25, -0.2) is 19.4 Å². The Bertz CT molecular complexity index is 3260. The van der Waals surface area contributed by atoms with Crippen molar-refractivity contribution in [2.24, 2.45) is 17.8 Å². The van der Waals surface area contributed by atoms with Crippen LogP contribution in [-0.4, -0.2) is 201 Å². The van der Waals surface area contributed by atoms with Crippen molar-refractivity contribution in [1.29, 1.82) is 0 Å². The van der Waals surface area contributed by atoms with Gasteiger partial charge in [-0.1, -0.05) is 37.5 Å². The summed E-state index contributed by atoms with van der Waals surface area (Å²) in [6.07, 6.45) is 26.4. The van der Waals surface area contributed by atoms with Crippen LogP contribution in [0, 0.1) is 17.8 Å². The molecule has 4 atom stereocenters. The van der Waals surface area contributed by atoms with Crippen molar-refractivity contribution in [3.05, 3.63) is 81.6 Å². The number of aryl methyl sites for hydroxylation is 8. The number of Topliss-reactive ketones (excluding diaryl/α,β-unsaturated/α-hetero) is 1. The average Bonchev–Trinajstić information content (AvgIpc) is 0.897. The third-order valence-electron chi connectivity index (χ3n) is 20.8. The number of carbonyl (C=O) groups excluding carboxylic acids is 5. The van der Waals surface area contributed by atoms with Gasteiger partial charge in [-0.05, 0) is 224 Å². The molecule has 23 nitrogen and oxygen atoms in total. The van der Waals surface area contributed by atoms with E-state index >= 15 is 0 Å². The molecule has 7 heterocycles. The molecular formula is C72H108N10O13S. The lowest BCUT2D eigenvalue weighted by Crippen LogP contribution is -2.61. The molecule has 4 fully saturated rings. The number of hydrogen-bond acceptors (Lipinski definition) is 15. The molecule has 96 heavy (non-hydrogen) atoms. The van der Waals surface area contributed by atoms with Crippen LogP contribution in [0.25, 0.3) is 0 Å². The molecule has 24 heteroatoms.